The molecule has 156 valence electrons. The SMILES string of the molecule is CCCOc1c(Cl)cc(C(=O)Nc2sc3c(c2C(=O)OCC)CCCC3)cc1Cl. The standard InChI is InChI=1S/C21H23Cl2NO4S/c1-3-9-28-18-14(22)10-12(11-15(18)23)19(25)24-20-17(21(26)27-4-2)13-7-5-6-8-16(13)29-20/h10-11H,3-9H2,1-2H3,(H,24,25). The van der Waals surface area contributed by atoms with Crippen LogP contribution in [0.15, 0.2) is 12.1 Å². The molecular formula is C21H23Cl2NO4S. The minimum Gasteiger partial charge on any atom is -0.490 e. The van der Waals surface area contributed by atoms with Gasteiger partial charge in [0.25, 0.3) is 5.91 Å². The molecule has 0 aliphatic heterocycles. The highest BCUT2D eigenvalue weighted by molar-refractivity contribution is 7.17. The predicted octanol–water partition coefficient (Wildman–Crippen LogP) is 6.15. The quantitative estimate of drug-likeness (QED) is 0.508. The van der Waals surface area contributed by atoms with E-state index in [1.54, 1.807) is 6.92 Å². The van der Waals surface area contributed by atoms with E-state index < -0.39 is 5.97 Å². The number of hydrogen-bond acceptors (Lipinski definition) is 5. The molecule has 0 bridgehead atoms. The number of esters is 1. The second kappa shape index (κ2) is 9.83. The number of nitrogens with one attached hydrogen (secondary N) is 1. The molecule has 0 spiro atoms. The molecule has 1 heterocycles. The van der Waals surface area contributed by atoms with Crippen LogP contribution in [-0.4, -0.2) is 25.1 Å². The molecule has 1 amide bonds. The summed E-state index contributed by atoms with van der Waals surface area (Å²) in [4.78, 5) is 26.6. The number of hydrogen-bond donors (Lipinski definition) is 1. The number of carbonyl (C=O) groups excluding carboxylic acids is 2. The number of rotatable bonds is 7. The van der Waals surface area contributed by atoms with E-state index in [0.29, 0.717) is 28.5 Å². The van der Waals surface area contributed by atoms with Gasteiger partial charge >= 0.3 is 5.97 Å². The number of aryl methyl sites for hydroxylation is 1. The first-order valence-corrected chi connectivity index (χ1v) is 11.3. The predicted molar refractivity (Wildman–Crippen MR) is 117 cm³/mol. The maximum atomic E-state index is 12.9. The number of fused-ring (bicyclic) bond motifs is 1. The molecular weight excluding hydrogens is 433 g/mol. The molecule has 1 aliphatic carbocycles. The number of thiophene rings is 1. The molecule has 0 fully saturated rings. The molecule has 0 unspecified atom stereocenters. The monoisotopic (exact) mass is 455 g/mol. The van der Waals surface area contributed by atoms with Crippen LogP contribution in [0.4, 0.5) is 5.00 Å². The molecule has 0 atom stereocenters. The molecule has 0 saturated heterocycles. The molecule has 2 aromatic rings. The number of benzene rings is 1. The lowest BCUT2D eigenvalue weighted by atomic mass is 9.95. The molecule has 5 nitrogen and oxygen atoms in total. The molecule has 0 saturated carbocycles. The number of amides is 1. The first-order valence-electron chi connectivity index (χ1n) is 9.71. The third-order valence-electron chi connectivity index (χ3n) is 4.59. The zero-order valence-corrected chi connectivity index (χ0v) is 18.7. The Kier molecular flexibility index (Phi) is 7.44. The van der Waals surface area contributed by atoms with Crippen molar-refractivity contribution in [1.29, 1.82) is 0 Å². The van der Waals surface area contributed by atoms with E-state index in [1.807, 2.05) is 6.92 Å². The Hall–Kier alpha value is -1.76. The van der Waals surface area contributed by atoms with Crippen LogP contribution in [-0.2, 0) is 17.6 Å². The Labute approximate surface area is 184 Å². The Bertz CT molecular complexity index is 903. The summed E-state index contributed by atoms with van der Waals surface area (Å²) >= 11 is 14.0. The maximum absolute atomic E-state index is 12.9. The van der Waals surface area contributed by atoms with Crippen LogP contribution in [0.2, 0.25) is 10.0 Å². The molecule has 29 heavy (non-hydrogen) atoms. The number of carbonyl (C=O) groups is 2. The molecule has 1 N–H and O–H groups in total. The number of ether oxygens (including phenoxy) is 2. The van der Waals surface area contributed by atoms with E-state index >= 15 is 0 Å². The van der Waals surface area contributed by atoms with Crippen LogP contribution in [0.3, 0.4) is 0 Å². The van der Waals surface area contributed by atoms with Crippen LogP contribution in [0.5, 0.6) is 5.75 Å². The highest BCUT2D eigenvalue weighted by atomic mass is 35.5. The van der Waals surface area contributed by atoms with E-state index in [9.17, 15) is 9.59 Å². The van der Waals surface area contributed by atoms with Crippen LogP contribution < -0.4 is 10.1 Å². The van der Waals surface area contributed by atoms with E-state index in [0.717, 1.165) is 42.5 Å². The Morgan fingerprint density at radius 1 is 1.14 bits per heavy atom. The summed E-state index contributed by atoms with van der Waals surface area (Å²) in [6.45, 7) is 4.50. The lowest BCUT2D eigenvalue weighted by Gasteiger charge is -2.13. The zero-order valence-electron chi connectivity index (χ0n) is 16.4. The van der Waals surface area contributed by atoms with Gasteiger partial charge in [-0.2, -0.15) is 0 Å². The maximum Gasteiger partial charge on any atom is 0.341 e. The topological polar surface area (TPSA) is 64.6 Å². The third-order valence-corrected chi connectivity index (χ3v) is 6.36. The van der Waals surface area contributed by atoms with E-state index in [-0.39, 0.29) is 22.6 Å². The smallest absolute Gasteiger partial charge is 0.341 e. The lowest BCUT2D eigenvalue weighted by Crippen LogP contribution is -2.16. The Morgan fingerprint density at radius 3 is 2.48 bits per heavy atom. The fourth-order valence-electron chi connectivity index (χ4n) is 3.28. The van der Waals surface area contributed by atoms with E-state index in [1.165, 1.54) is 23.5 Å². The van der Waals surface area contributed by atoms with Gasteiger partial charge in [0.15, 0.2) is 5.75 Å². The second-order valence-electron chi connectivity index (χ2n) is 6.71. The summed E-state index contributed by atoms with van der Waals surface area (Å²) in [5.41, 5.74) is 1.76. The minimum atomic E-state index is -0.401. The van der Waals surface area contributed by atoms with E-state index in [2.05, 4.69) is 5.32 Å². The summed E-state index contributed by atoms with van der Waals surface area (Å²) in [7, 11) is 0. The molecule has 1 aromatic heterocycles. The van der Waals surface area contributed by atoms with Gasteiger partial charge < -0.3 is 14.8 Å². The highest BCUT2D eigenvalue weighted by Crippen LogP contribution is 2.39. The van der Waals surface area contributed by atoms with Crippen molar-refractivity contribution in [3.05, 3.63) is 43.7 Å². The fraction of sp³-hybridized carbons (Fsp3) is 0.429. The van der Waals surface area contributed by atoms with Crippen LogP contribution in [0.1, 0.15) is 64.3 Å². The molecule has 0 radical (unpaired) electrons. The van der Waals surface area contributed by atoms with Crippen molar-refractivity contribution < 1.29 is 19.1 Å². The molecule has 8 heteroatoms. The van der Waals surface area contributed by atoms with Crippen LogP contribution >= 0.6 is 34.5 Å². The van der Waals surface area contributed by atoms with Gasteiger partial charge in [0.05, 0.1) is 28.8 Å². The van der Waals surface area contributed by atoms with Crippen molar-refractivity contribution in [1.82, 2.24) is 0 Å². The van der Waals surface area contributed by atoms with Gasteiger partial charge in [-0.15, -0.1) is 11.3 Å². The van der Waals surface area contributed by atoms with Crippen molar-refractivity contribution in [2.75, 3.05) is 18.5 Å². The van der Waals surface area contributed by atoms with Gasteiger partial charge in [-0.05, 0) is 56.7 Å². The third kappa shape index (κ3) is 4.87. The molecule has 1 aliphatic rings. The van der Waals surface area contributed by atoms with E-state index in [4.69, 9.17) is 32.7 Å². The average molecular weight is 456 g/mol. The molecule has 3 rings (SSSR count). The van der Waals surface area contributed by atoms with Crippen molar-refractivity contribution in [2.45, 2.75) is 46.0 Å². The summed E-state index contributed by atoms with van der Waals surface area (Å²) in [5, 5.41) is 3.92. The van der Waals surface area contributed by atoms with Gasteiger partial charge in [-0.25, -0.2) is 4.79 Å². The van der Waals surface area contributed by atoms with Crippen molar-refractivity contribution in [3.63, 3.8) is 0 Å². The largest absolute Gasteiger partial charge is 0.490 e. The zero-order chi connectivity index (χ0) is 21.0. The summed E-state index contributed by atoms with van der Waals surface area (Å²) in [6, 6.07) is 3.04. The van der Waals surface area contributed by atoms with Crippen molar-refractivity contribution in [2.24, 2.45) is 0 Å². The summed E-state index contributed by atoms with van der Waals surface area (Å²) in [6.07, 6.45) is 4.64. The first-order chi connectivity index (χ1) is 14.0. The number of halogens is 2. The van der Waals surface area contributed by atoms with Crippen molar-refractivity contribution in [3.8, 4) is 5.75 Å². The van der Waals surface area contributed by atoms with Gasteiger partial charge in [-0.1, -0.05) is 30.1 Å². The Balaban J connectivity index is 1.89. The van der Waals surface area contributed by atoms with Crippen LogP contribution in [0.25, 0.3) is 0 Å². The van der Waals surface area contributed by atoms with Gasteiger partial charge in [0.2, 0.25) is 0 Å². The highest BCUT2D eigenvalue weighted by Gasteiger charge is 2.27. The normalized spacial score (nSPS) is 13.0. The number of anilines is 1. The lowest BCUT2D eigenvalue weighted by molar-refractivity contribution is 0.0526. The second-order valence-corrected chi connectivity index (χ2v) is 8.63. The summed E-state index contributed by atoms with van der Waals surface area (Å²) < 4.78 is 10.8. The average Bonchev–Trinajstić information content (AvgIpc) is 3.05. The van der Waals surface area contributed by atoms with Crippen LogP contribution in [0, 0.1) is 0 Å². The molecule has 1 aromatic carbocycles. The van der Waals surface area contributed by atoms with Gasteiger partial charge in [-0.3, -0.25) is 4.79 Å². The minimum absolute atomic E-state index is 0.271. The first kappa shape index (κ1) is 21.9. The van der Waals surface area contributed by atoms with Crippen molar-refractivity contribution >= 4 is 51.4 Å². The fourth-order valence-corrected chi connectivity index (χ4v) is 5.15. The Morgan fingerprint density at radius 2 is 1.83 bits per heavy atom. The van der Waals surface area contributed by atoms with Gasteiger partial charge in [0, 0.05) is 10.4 Å². The van der Waals surface area contributed by atoms with Gasteiger partial charge in [0.1, 0.15) is 5.00 Å². The summed E-state index contributed by atoms with van der Waals surface area (Å²) in [5.74, 6) is -0.424.